The summed E-state index contributed by atoms with van der Waals surface area (Å²) in [5, 5.41) is 2.88. The van der Waals surface area contributed by atoms with E-state index in [0.29, 0.717) is 45.0 Å². The maximum atomic E-state index is 12.7. The van der Waals surface area contributed by atoms with Gasteiger partial charge in [0.1, 0.15) is 0 Å². The zero-order valence-electron chi connectivity index (χ0n) is 16.0. The van der Waals surface area contributed by atoms with Crippen LogP contribution in [0.4, 0.5) is 0 Å². The number of hydrogen-bond donors (Lipinski definition) is 1. The lowest BCUT2D eigenvalue weighted by Crippen LogP contribution is -2.40. The van der Waals surface area contributed by atoms with Crippen molar-refractivity contribution in [3.63, 3.8) is 0 Å². The minimum absolute atomic E-state index is 0.0742. The van der Waals surface area contributed by atoms with Gasteiger partial charge in [-0.2, -0.15) is 4.31 Å². The lowest BCUT2D eigenvalue weighted by atomic mass is 9.99. The van der Waals surface area contributed by atoms with E-state index in [4.69, 9.17) is 9.47 Å². The first-order chi connectivity index (χ1) is 14.0. The van der Waals surface area contributed by atoms with Gasteiger partial charge in [0.2, 0.25) is 10.0 Å². The molecule has 0 radical (unpaired) electrons. The number of morpholine rings is 1. The quantitative estimate of drug-likeness (QED) is 0.800. The van der Waals surface area contributed by atoms with Crippen molar-refractivity contribution in [1.29, 1.82) is 0 Å². The van der Waals surface area contributed by atoms with Crippen molar-refractivity contribution in [2.45, 2.75) is 24.0 Å². The topological polar surface area (TPSA) is 84.9 Å². The van der Waals surface area contributed by atoms with Crippen molar-refractivity contribution in [2.24, 2.45) is 0 Å². The van der Waals surface area contributed by atoms with Gasteiger partial charge in [-0.1, -0.05) is 24.3 Å². The van der Waals surface area contributed by atoms with Crippen molar-refractivity contribution >= 4 is 15.9 Å². The highest BCUT2D eigenvalue weighted by atomic mass is 32.2. The highest BCUT2D eigenvalue weighted by Gasteiger charge is 2.26. The molecule has 2 aliphatic rings. The molecule has 1 atom stereocenters. The molecule has 2 aromatic rings. The van der Waals surface area contributed by atoms with Crippen molar-refractivity contribution < 1.29 is 22.7 Å². The van der Waals surface area contributed by atoms with Gasteiger partial charge < -0.3 is 14.8 Å². The van der Waals surface area contributed by atoms with Crippen molar-refractivity contribution in [2.75, 3.05) is 32.8 Å². The largest absolute Gasteiger partial charge is 0.379 e. The average molecular weight is 416 g/mol. The number of carbonyl (C=O) groups is 1. The Morgan fingerprint density at radius 3 is 2.45 bits per heavy atom. The Hall–Kier alpha value is -2.26. The van der Waals surface area contributed by atoms with E-state index in [1.807, 2.05) is 12.1 Å². The van der Waals surface area contributed by atoms with Gasteiger partial charge in [-0.3, -0.25) is 4.79 Å². The molecule has 1 unspecified atom stereocenters. The number of carbonyl (C=O) groups excluding carboxylic acids is 1. The Kier molecular flexibility index (Phi) is 5.96. The van der Waals surface area contributed by atoms with Gasteiger partial charge in [-0.05, 0) is 35.4 Å². The molecule has 1 amide bonds. The second-order valence-corrected chi connectivity index (χ2v) is 9.09. The third-order valence-electron chi connectivity index (χ3n) is 5.26. The number of sulfonamides is 1. The Balaban J connectivity index is 1.35. The second kappa shape index (κ2) is 8.62. The van der Waals surface area contributed by atoms with Gasteiger partial charge in [-0.15, -0.1) is 0 Å². The first kappa shape index (κ1) is 20.0. The summed E-state index contributed by atoms with van der Waals surface area (Å²) >= 11 is 0. The molecule has 7 nitrogen and oxygen atoms in total. The summed E-state index contributed by atoms with van der Waals surface area (Å²) < 4.78 is 37.7. The van der Waals surface area contributed by atoms with E-state index < -0.39 is 10.0 Å². The van der Waals surface area contributed by atoms with E-state index in [2.05, 4.69) is 17.4 Å². The molecule has 2 aromatic carbocycles. The number of ether oxygens (including phenoxy) is 2. The molecule has 29 heavy (non-hydrogen) atoms. The molecule has 0 aliphatic carbocycles. The van der Waals surface area contributed by atoms with Gasteiger partial charge in [0.25, 0.3) is 5.91 Å². The molecule has 0 aromatic heterocycles. The number of nitrogens with zero attached hydrogens (tertiary/aromatic N) is 1. The number of benzene rings is 2. The molecular weight excluding hydrogens is 392 g/mol. The summed E-state index contributed by atoms with van der Waals surface area (Å²) in [4.78, 5) is 12.6. The molecule has 0 bridgehead atoms. The Morgan fingerprint density at radius 2 is 1.72 bits per heavy atom. The predicted molar refractivity (Wildman–Crippen MR) is 107 cm³/mol. The fraction of sp³-hybridized carbons (Fsp3) is 0.381. The van der Waals surface area contributed by atoms with Crippen LogP contribution in [0.2, 0.25) is 0 Å². The number of hydrogen-bond acceptors (Lipinski definition) is 5. The molecule has 0 saturated carbocycles. The minimum atomic E-state index is -3.56. The second-order valence-electron chi connectivity index (χ2n) is 7.16. The van der Waals surface area contributed by atoms with E-state index >= 15 is 0 Å². The number of nitrogens with one attached hydrogen (secondary N) is 1. The number of fused-ring (bicyclic) bond motifs is 1. The Bertz CT molecular complexity index is 969. The summed E-state index contributed by atoms with van der Waals surface area (Å²) in [6.07, 6.45) is 0.683. The zero-order chi connectivity index (χ0) is 20.3. The van der Waals surface area contributed by atoms with Gasteiger partial charge in [0.15, 0.2) is 0 Å². The summed E-state index contributed by atoms with van der Waals surface area (Å²) in [5.41, 5.74) is 2.85. The molecule has 1 fully saturated rings. The normalized spacial score (nSPS) is 20.1. The molecule has 1 saturated heterocycles. The van der Waals surface area contributed by atoms with Crippen LogP contribution in [0.25, 0.3) is 0 Å². The highest BCUT2D eigenvalue weighted by Crippen LogP contribution is 2.20. The SMILES string of the molecule is O=C(NCC1Cc2ccccc2CO1)c1ccc(S(=O)(=O)N2CCOCC2)cc1. The van der Waals surface area contributed by atoms with E-state index in [-0.39, 0.29) is 16.9 Å². The van der Waals surface area contributed by atoms with Crippen LogP contribution in [-0.4, -0.2) is 57.6 Å². The molecule has 154 valence electrons. The van der Waals surface area contributed by atoms with Crippen LogP contribution in [0, 0.1) is 0 Å². The zero-order valence-corrected chi connectivity index (χ0v) is 16.9. The summed E-state index contributed by atoms with van der Waals surface area (Å²) in [5.74, 6) is -0.247. The highest BCUT2D eigenvalue weighted by molar-refractivity contribution is 7.89. The third kappa shape index (κ3) is 4.51. The maximum Gasteiger partial charge on any atom is 0.251 e. The first-order valence-electron chi connectivity index (χ1n) is 9.68. The van der Waals surface area contributed by atoms with Crippen molar-refractivity contribution in [3.8, 4) is 0 Å². The smallest absolute Gasteiger partial charge is 0.251 e. The standard InChI is InChI=1S/C21H24N2O5S/c24-21(22-14-19-13-17-3-1-2-4-18(17)15-28-19)16-5-7-20(8-6-16)29(25,26)23-9-11-27-12-10-23/h1-8,19H,9-15H2,(H,22,24). The van der Waals surface area contributed by atoms with Crippen molar-refractivity contribution in [1.82, 2.24) is 9.62 Å². The fourth-order valence-electron chi connectivity index (χ4n) is 3.56. The lowest BCUT2D eigenvalue weighted by Gasteiger charge is -2.26. The number of rotatable bonds is 5. The van der Waals surface area contributed by atoms with Crippen LogP contribution in [0.15, 0.2) is 53.4 Å². The molecule has 1 N–H and O–H groups in total. The summed E-state index contributed by atoms with van der Waals surface area (Å²) in [6.45, 7) is 2.43. The van der Waals surface area contributed by atoms with E-state index in [1.54, 1.807) is 12.1 Å². The maximum absolute atomic E-state index is 12.7. The van der Waals surface area contributed by atoms with Crippen molar-refractivity contribution in [3.05, 3.63) is 65.2 Å². The van der Waals surface area contributed by atoms with E-state index in [9.17, 15) is 13.2 Å². The monoisotopic (exact) mass is 416 g/mol. The third-order valence-corrected chi connectivity index (χ3v) is 7.17. The van der Waals surface area contributed by atoms with Crippen LogP contribution in [0.1, 0.15) is 21.5 Å². The van der Waals surface area contributed by atoms with Gasteiger partial charge >= 0.3 is 0 Å². The minimum Gasteiger partial charge on any atom is -0.379 e. The average Bonchev–Trinajstić information content (AvgIpc) is 2.78. The fourth-order valence-corrected chi connectivity index (χ4v) is 4.97. The van der Waals surface area contributed by atoms with Crippen LogP contribution in [-0.2, 0) is 32.5 Å². The van der Waals surface area contributed by atoms with Gasteiger partial charge in [0, 0.05) is 31.6 Å². The summed E-state index contributed by atoms with van der Waals surface area (Å²) in [6, 6.07) is 14.2. The van der Waals surface area contributed by atoms with Gasteiger partial charge in [-0.25, -0.2) is 8.42 Å². The Morgan fingerprint density at radius 1 is 1.03 bits per heavy atom. The van der Waals surface area contributed by atoms with Crippen LogP contribution in [0.5, 0.6) is 0 Å². The predicted octanol–water partition coefficient (Wildman–Crippen LogP) is 1.58. The van der Waals surface area contributed by atoms with Crippen LogP contribution in [0.3, 0.4) is 0 Å². The van der Waals surface area contributed by atoms with E-state index in [0.717, 1.165) is 6.42 Å². The molecule has 2 heterocycles. The first-order valence-corrected chi connectivity index (χ1v) is 11.1. The van der Waals surface area contributed by atoms with E-state index in [1.165, 1.54) is 27.6 Å². The lowest BCUT2D eigenvalue weighted by molar-refractivity contribution is 0.0285. The van der Waals surface area contributed by atoms with Crippen LogP contribution < -0.4 is 5.32 Å². The van der Waals surface area contributed by atoms with Crippen LogP contribution >= 0.6 is 0 Å². The number of amides is 1. The molecule has 0 spiro atoms. The molecule has 2 aliphatic heterocycles. The molecule has 4 rings (SSSR count). The Labute approximate surface area is 170 Å². The molecule has 8 heteroatoms. The summed E-state index contributed by atoms with van der Waals surface area (Å²) in [7, 11) is -3.56. The van der Waals surface area contributed by atoms with Gasteiger partial charge in [0.05, 0.1) is 30.8 Å². The molecular formula is C21H24N2O5S.